The predicted molar refractivity (Wildman–Crippen MR) is 100 cm³/mol. The van der Waals surface area contributed by atoms with Crippen LogP contribution in [-0.2, 0) is 0 Å². The first-order valence-electron chi connectivity index (χ1n) is 8.16. The number of hydrogen-bond donors (Lipinski definition) is 3. The van der Waals surface area contributed by atoms with Crippen molar-refractivity contribution in [1.82, 2.24) is 15.0 Å². The van der Waals surface area contributed by atoms with Crippen LogP contribution in [0.4, 0.5) is 17.5 Å². The molecule has 6 nitrogen and oxygen atoms in total. The van der Waals surface area contributed by atoms with Gasteiger partial charge in [-0.1, -0.05) is 18.2 Å². The number of benzene rings is 1. The minimum absolute atomic E-state index is 0.0108. The van der Waals surface area contributed by atoms with Crippen LogP contribution >= 0.6 is 0 Å². The molecule has 25 heavy (non-hydrogen) atoms. The number of hydrogen-bond acceptors (Lipinski definition) is 6. The fraction of sp³-hybridized carbons (Fsp3) is 0.211. The van der Waals surface area contributed by atoms with E-state index in [1.165, 1.54) is 11.1 Å². The van der Waals surface area contributed by atoms with Gasteiger partial charge in [-0.05, 0) is 43.2 Å². The third-order valence-corrected chi connectivity index (χ3v) is 3.92. The minimum Gasteiger partial charge on any atom is -0.395 e. The molecule has 6 heteroatoms. The fourth-order valence-electron chi connectivity index (χ4n) is 2.43. The lowest BCUT2D eigenvalue weighted by atomic mass is 10.1. The summed E-state index contributed by atoms with van der Waals surface area (Å²) < 4.78 is 0. The van der Waals surface area contributed by atoms with Gasteiger partial charge in [0, 0.05) is 24.5 Å². The number of aryl methyl sites for hydroxylation is 1. The summed E-state index contributed by atoms with van der Waals surface area (Å²) in [4.78, 5) is 13.3. The first-order chi connectivity index (χ1) is 12.2. The maximum absolute atomic E-state index is 9.04. The average Bonchev–Trinajstić information content (AvgIpc) is 2.64. The van der Waals surface area contributed by atoms with Crippen molar-refractivity contribution in [1.29, 1.82) is 0 Å². The number of aliphatic hydroxyl groups is 1. The lowest BCUT2D eigenvalue weighted by Crippen LogP contribution is -2.10. The summed E-state index contributed by atoms with van der Waals surface area (Å²) in [5, 5.41) is 15.4. The van der Waals surface area contributed by atoms with Gasteiger partial charge in [-0.2, -0.15) is 4.98 Å². The summed E-state index contributed by atoms with van der Waals surface area (Å²) in [5.41, 5.74) is 4.86. The monoisotopic (exact) mass is 335 g/mol. The number of nitrogens with zero attached hydrogens (tertiary/aromatic N) is 3. The molecular formula is C19H21N5O. The molecule has 0 fully saturated rings. The molecule has 0 atom stereocenters. The van der Waals surface area contributed by atoms with Crippen molar-refractivity contribution in [2.75, 3.05) is 23.8 Å². The Kier molecular flexibility index (Phi) is 5.20. The highest BCUT2D eigenvalue weighted by Gasteiger charge is 2.09. The molecule has 0 bridgehead atoms. The van der Waals surface area contributed by atoms with Gasteiger partial charge in [0.25, 0.3) is 0 Å². The normalized spacial score (nSPS) is 10.5. The van der Waals surface area contributed by atoms with E-state index in [1.54, 1.807) is 6.20 Å². The summed E-state index contributed by atoms with van der Waals surface area (Å²) >= 11 is 0. The highest BCUT2D eigenvalue weighted by atomic mass is 16.3. The molecule has 3 N–H and O–H groups in total. The summed E-state index contributed by atoms with van der Waals surface area (Å²) in [5.74, 6) is 1.12. The van der Waals surface area contributed by atoms with Crippen LogP contribution in [0.3, 0.4) is 0 Å². The molecule has 0 spiro atoms. The van der Waals surface area contributed by atoms with E-state index in [4.69, 9.17) is 5.11 Å². The number of pyridine rings is 1. The Hall–Kier alpha value is -2.99. The van der Waals surface area contributed by atoms with Gasteiger partial charge in [-0.15, -0.1) is 0 Å². The first-order valence-corrected chi connectivity index (χ1v) is 8.16. The maximum Gasteiger partial charge on any atom is 0.225 e. The van der Waals surface area contributed by atoms with E-state index in [2.05, 4.69) is 45.5 Å². The lowest BCUT2D eigenvalue weighted by molar-refractivity contribution is 0.311. The van der Waals surface area contributed by atoms with Crippen LogP contribution in [0.2, 0.25) is 0 Å². The van der Waals surface area contributed by atoms with Gasteiger partial charge in [0.2, 0.25) is 5.95 Å². The minimum atomic E-state index is 0.0108. The highest BCUT2D eigenvalue weighted by molar-refractivity contribution is 5.67. The third kappa shape index (κ3) is 4.10. The zero-order valence-corrected chi connectivity index (χ0v) is 14.3. The van der Waals surface area contributed by atoms with Gasteiger partial charge in [0.15, 0.2) is 0 Å². The molecule has 3 rings (SSSR count). The SMILES string of the molecule is Cc1cccc(Nc2cc(-c3ccccn3)nc(NCCO)n2)c1C. The second kappa shape index (κ2) is 7.72. The summed E-state index contributed by atoms with van der Waals surface area (Å²) in [6.45, 7) is 4.54. The zero-order chi connectivity index (χ0) is 17.6. The van der Waals surface area contributed by atoms with E-state index in [0.717, 1.165) is 11.4 Å². The molecule has 3 aromatic rings. The Morgan fingerprint density at radius 3 is 2.64 bits per heavy atom. The molecule has 0 amide bonds. The summed E-state index contributed by atoms with van der Waals surface area (Å²) in [6.07, 6.45) is 1.73. The van der Waals surface area contributed by atoms with Gasteiger partial charge in [-0.3, -0.25) is 4.98 Å². The van der Waals surface area contributed by atoms with Crippen LogP contribution in [0, 0.1) is 13.8 Å². The standard InChI is InChI=1S/C19H21N5O/c1-13-6-5-8-15(14(13)2)22-18-12-17(16-7-3-4-9-20-16)23-19(24-18)21-10-11-25/h3-9,12,25H,10-11H2,1-2H3,(H2,21,22,23,24). The van der Waals surface area contributed by atoms with Crippen LogP contribution in [0.1, 0.15) is 11.1 Å². The smallest absolute Gasteiger partial charge is 0.225 e. The number of nitrogens with one attached hydrogen (secondary N) is 2. The molecule has 0 aliphatic heterocycles. The fourth-order valence-corrected chi connectivity index (χ4v) is 2.43. The summed E-state index contributed by atoms with van der Waals surface area (Å²) in [6, 6.07) is 13.7. The van der Waals surface area contributed by atoms with Crippen LogP contribution < -0.4 is 10.6 Å². The quantitative estimate of drug-likeness (QED) is 0.641. The number of aliphatic hydroxyl groups excluding tert-OH is 1. The van der Waals surface area contributed by atoms with Crippen molar-refractivity contribution in [3.8, 4) is 11.4 Å². The van der Waals surface area contributed by atoms with Crippen molar-refractivity contribution in [2.45, 2.75) is 13.8 Å². The Balaban J connectivity index is 1.98. The highest BCUT2D eigenvalue weighted by Crippen LogP contribution is 2.25. The first kappa shape index (κ1) is 16.9. The second-order valence-electron chi connectivity index (χ2n) is 5.70. The van der Waals surface area contributed by atoms with E-state index in [1.807, 2.05) is 36.4 Å². The molecule has 1 aromatic carbocycles. The van der Waals surface area contributed by atoms with Gasteiger partial charge < -0.3 is 15.7 Å². The third-order valence-electron chi connectivity index (χ3n) is 3.92. The van der Waals surface area contributed by atoms with Crippen LogP contribution in [0.5, 0.6) is 0 Å². The van der Waals surface area contributed by atoms with Gasteiger partial charge >= 0.3 is 0 Å². The van der Waals surface area contributed by atoms with Gasteiger partial charge in [0.05, 0.1) is 18.0 Å². The Labute approximate surface area is 147 Å². The molecule has 128 valence electrons. The zero-order valence-electron chi connectivity index (χ0n) is 14.3. The van der Waals surface area contributed by atoms with Crippen LogP contribution in [0.25, 0.3) is 11.4 Å². The topological polar surface area (TPSA) is 83.0 Å². The molecule has 2 aromatic heterocycles. The molecule has 0 saturated carbocycles. The van der Waals surface area contributed by atoms with Crippen molar-refractivity contribution in [3.05, 3.63) is 59.8 Å². The van der Waals surface area contributed by atoms with E-state index in [0.29, 0.717) is 24.0 Å². The molecule has 0 unspecified atom stereocenters. The number of anilines is 3. The molecule has 0 saturated heterocycles. The van der Waals surface area contributed by atoms with Gasteiger partial charge in [-0.25, -0.2) is 4.98 Å². The number of rotatable bonds is 6. The van der Waals surface area contributed by atoms with E-state index >= 15 is 0 Å². The Morgan fingerprint density at radius 2 is 1.88 bits per heavy atom. The predicted octanol–water partition coefficient (Wildman–Crippen LogP) is 3.30. The Morgan fingerprint density at radius 1 is 1.00 bits per heavy atom. The molecule has 2 heterocycles. The van der Waals surface area contributed by atoms with Crippen molar-refractivity contribution < 1.29 is 5.11 Å². The maximum atomic E-state index is 9.04. The molecule has 0 radical (unpaired) electrons. The van der Waals surface area contributed by atoms with Crippen molar-refractivity contribution in [3.63, 3.8) is 0 Å². The largest absolute Gasteiger partial charge is 0.395 e. The van der Waals surface area contributed by atoms with Gasteiger partial charge in [0.1, 0.15) is 5.82 Å². The average molecular weight is 335 g/mol. The van der Waals surface area contributed by atoms with E-state index < -0.39 is 0 Å². The Bertz CT molecular complexity index is 852. The second-order valence-corrected chi connectivity index (χ2v) is 5.70. The van der Waals surface area contributed by atoms with E-state index in [9.17, 15) is 0 Å². The molecule has 0 aliphatic rings. The van der Waals surface area contributed by atoms with Crippen molar-refractivity contribution >= 4 is 17.5 Å². The van der Waals surface area contributed by atoms with E-state index in [-0.39, 0.29) is 6.61 Å². The molecular weight excluding hydrogens is 314 g/mol. The van der Waals surface area contributed by atoms with Crippen molar-refractivity contribution in [2.24, 2.45) is 0 Å². The molecule has 0 aliphatic carbocycles. The lowest BCUT2D eigenvalue weighted by Gasteiger charge is -2.13. The number of aromatic nitrogens is 3. The van der Waals surface area contributed by atoms with Crippen LogP contribution in [0.15, 0.2) is 48.7 Å². The summed E-state index contributed by atoms with van der Waals surface area (Å²) in [7, 11) is 0. The van der Waals surface area contributed by atoms with Crippen LogP contribution in [-0.4, -0.2) is 33.2 Å².